The van der Waals surface area contributed by atoms with E-state index in [-0.39, 0.29) is 24.1 Å². The average molecular weight is 312 g/mol. The molecule has 1 aromatic rings. The van der Waals surface area contributed by atoms with E-state index in [4.69, 9.17) is 16.3 Å². The summed E-state index contributed by atoms with van der Waals surface area (Å²) >= 11 is 5.82. The van der Waals surface area contributed by atoms with Gasteiger partial charge in [-0.2, -0.15) is 5.26 Å². The first-order chi connectivity index (χ1) is 9.77. The van der Waals surface area contributed by atoms with Crippen molar-refractivity contribution in [1.29, 1.82) is 5.26 Å². The van der Waals surface area contributed by atoms with Gasteiger partial charge < -0.3 is 4.74 Å². The Morgan fingerprint density at radius 1 is 1.57 bits per heavy atom. The molecule has 1 unspecified atom stereocenters. The number of hydrogen-bond acceptors (Lipinski definition) is 5. The molecule has 0 spiro atoms. The predicted molar refractivity (Wildman–Crippen MR) is 80.5 cm³/mol. The van der Waals surface area contributed by atoms with E-state index in [2.05, 4.69) is 11.4 Å². The topological polar surface area (TPSA) is 88.2 Å². The molecule has 1 rings (SSSR count). The number of ether oxygens (including phenoxy) is 1. The van der Waals surface area contributed by atoms with Gasteiger partial charge in [0.05, 0.1) is 17.6 Å². The van der Waals surface area contributed by atoms with E-state index >= 15 is 0 Å². The third-order valence-electron chi connectivity index (χ3n) is 2.83. The minimum Gasteiger partial charge on any atom is -0.487 e. The first-order valence-electron chi connectivity index (χ1n) is 6.53. The monoisotopic (exact) mass is 311 g/mol. The number of halogens is 1. The van der Waals surface area contributed by atoms with Crippen LogP contribution >= 0.6 is 11.6 Å². The summed E-state index contributed by atoms with van der Waals surface area (Å²) in [5, 5.41) is 23.6. The molecule has 0 aliphatic heterocycles. The van der Waals surface area contributed by atoms with Crippen LogP contribution in [-0.4, -0.2) is 23.1 Å². The highest BCUT2D eigenvalue weighted by molar-refractivity contribution is 6.30. The molecule has 0 aromatic heterocycles. The highest BCUT2D eigenvalue weighted by atomic mass is 35.5. The molecular formula is C14H18ClN3O3. The molecule has 1 atom stereocenters. The quantitative estimate of drug-likeness (QED) is 0.616. The number of rotatable bonds is 7. The highest BCUT2D eigenvalue weighted by Gasteiger charge is 2.25. The summed E-state index contributed by atoms with van der Waals surface area (Å²) in [4.78, 5) is 10.4. The summed E-state index contributed by atoms with van der Waals surface area (Å²) in [6.07, 6.45) is 0.394. The molecule has 21 heavy (non-hydrogen) atoms. The lowest BCUT2D eigenvalue weighted by molar-refractivity contribution is -0.385. The molecule has 7 heteroatoms. The molecule has 114 valence electrons. The molecule has 0 fully saturated rings. The van der Waals surface area contributed by atoms with Gasteiger partial charge in [0.2, 0.25) is 0 Å². The van der Waals surface area contributed by atoms with Gasteiger partial charge in [-0.3, -0.25) is 15.4 Å². The smallest absolute Gasteiger partial charge is 0.311 e. The number of nitro benzene ring substituents is 1. The van der Waals surface area contributed by atoms with Crippen LogP contribution in [-0.2, 0) is 0 Å². The summed E-state index contributed by atoms with van der Waals surface area (Å²) in [6.45, 7) is 5.82. The van der Waals surface area contributed by atoms with Crippen LogP contribution in [0.4, 0.5) is 5.69 Å². The molecule has 0 saturated carbocycles. The van der Waals surface area contributed by atoms with E-state index in [0.29, 0.717) is 11.4 Å². The molecule has 0 aliphatic carbocycles. The van der Waals surface area contributed by atoms with Crippen LogP contribution in [0.2, 0.25) is 5.02 Å². The lowest BCUT2D eigenvalue weighted by atomic mass is 9.99. The summed E-state index contributed by atoms with van der Waals surface area (Å²) in [5.41, 5.74) is -0.892. The molecule has 0 aliphatic rings. The maximum absolute atomic E-state index is 10.9. The lowest BCUT2D eigenvalue weighted by Gasteiger charge is -2.25. The molecule has 0 bridgehead atoms. The molecule has 1 N–H and O–H groups in total. The van der Waals surface area contributed by atoms with Crippen LogP contribution in [0, 0.1) is 21.4 Å². The van der Waals surface area contributed by atoms with Gasteiger partial charge >= 0.3 is 5.69 Å². The van der Waals surface area contributed by atoms with Gasteiger partial charge in [-0.15, -0.1) is 0 Å². The average Bonchev–Trinajstić information content (AvgIpc) is 2.37. The Morgan fingerprint density at radius 2 is 2.24 bits per heavy atom. The van der Waals surface area contributed by atoms with E-state index in [1.807, 2.05) is 13.8 Å². The molecule has 6 nitrogen and oxygen atoms in total. The van der Waals surface area contributed by atoms with Gasteiger partial charge in [0.1, 0.15) is 5.54 Å². The van der Waals surface area contributed by atoms with Crippen LogP contribution in [0.1, 0.15) is 27.2 Å². The Labute approximate surface area is 128 Å². The number of hydrogen-bond donors (Lipinski definition) is 1. The van der Waals surface area contributed by atoms with Gasteiger partial charge in [-0.05, 0) is 26.8 Å². The van der Waals surface area contributed by atoms with Crippen LogP contribution in [0.5, 0.6) is 5.75 Å². The molecule has 0 saturated heterocycles. The van der Waals surface area contributed by atoms with Crippen molar-refractivity contribution in [2.45, 2.75) is 38.8 Å². The fraction of sp³-hybridized carbons (Fsp3) is 0.500. The number of nitrogens with zero attached hydrogens (tertiary/aromatic N) is 2. The van der Waals surface area contributed by atoms with Crippen molar-refractivity contribution in [3.63, 3.8) is 0 Å². The zero-order valence-corrected chi connectivity index (χ0v) is 13.0. The Kier molecular flexibility index (Phi) is 5.94. The van der Waals surface area contributed by atoms with Crippen molar-refractivity contribution >= 4 is 17.3 Å². The number of benzene rings is 1. The third-order valence-corrected chi connectivity index (χ3v) is 3.07. The van der Waals surface area contributed by atoms with Gasteiger partial charge in [0.15, 0.2) is 5.75 Å². The largest absolute Gasteiger partial charge is 0.487 e. The van der Waals surface area contributed by atoms with Crippen LogP contribution in [0.15, 0.2) is 18.2 Å². The first-order valence-corrected chi connectivity index (χ1v) is 6.91. The maximum atomic E-state index is 10.9. The van der Waals surface area contributed by atoms with Crippen LogP contribution < -0.4 is 10.1 Å². The van der Waals surface area contributed by atoms with Crippen molar-refractivity contribution in [2.24, 2.45) is 0 Å². The summed E-state index contributed by atoms with van der Waals surface area (Å²) < 4.78 is 5.44. The van der Waals surface area contributed by atoms with Crippen LogP contribution in [0.25, 0.3) is 0 Å². The van der Waals surface area contributed by atoms with E-state index in [1.54, 1.807) is 6.92 Å². The lowest BCUT2D eigenvalue weighted by Crippen LogP contribution is -2.45. The third kappa shape index (κ3) is 5.21. The summed E-state index contributed by atoms with van der Waals surface area (Å²) in [6, 6.07) is 6.48. The minimum absolute atomic E-state index is 0.109. The Bertz CT molecular complexity index is 557. The molecule has 0 amide bonds. The SMILES string of the molecule is CC(C)NC(C)(C#N)CCOc1cc(Cl)ccc1[N+](=O)[O-]. The standard InChI is InChI=1S/C14H18ClN3O3/c1-10(2)17-14(3,9-16)6-7-21-13-8-11(15)4-5-12(13)18(19)20/h4-5,8,10,17H,6-7H2,1-3H3. The zero-order chi connectivity index (χ0) is 16.0. The first kappa shape index (κ1) is 17.2. The highest BCUT2D eigenvalue weighted by Crippen LogP contribution is 2.30. The second-order valence-corrected chi connectivity index (χ2v) is 5.65. The second-order valence-electron chi connectivity index (χ2n) is 5.21. The van der Waals surface area contributed by atoms with Crippen molar-refractivity contribution < 1.29 is 9.66 Å². The van der Waals surface area contributed by atoms with Gasteiger partial charge in [-0.1, -0.05) is 11.6 Å². The Balaban J connectivity index is 2.74. The fourth-order valence-electron chi connectivity index (χ4n) is 1.92. The van der Waals surface area contributed by atoms with Gasteiger partial charge in [-0.25, -0.2) is 0 Å². The van der Waals surface area contributed by atoms with Crippen LogP contribution in [0.3, 0.4) is 0 Å². The van der Waals surface area contributed by atoms with Crippen molar-refractivity contribution in [2.75, 3.05) is 6.61 Å². The maximum Gasteiger partial charge on any atom is 0.311 e. The summed E-state index contributed by atoms with van der Waals surface area (Å²) in [7, 11) is 0. The van der Waals surface area contributed by atoms with Crippen molar-refractivity contribution in [3.8, 4) is 11.8 Å². The number of nitriles is 1. The zero-order valence-electron chi connectivity index (χ0n) is 12.2. The van der Waals surface area contributed by atoms with E-state index in [0.717, 1.165) is 0 Å². The predicted octanol–water partition coefficient (Wildman–Crippen LogP) is 3.30. The van der Waals surface area contributed by atoms with Gasteiger partial charge in [0, 0.05) is 29.6 Å². The normalized spacial score (nSPS) is 13.5. The molecular weight excluding hydrogens is 294 g/mol. The Morgan fingerprint density at radius 3 is 2.76 bits per heavy atom. The molecule has 1 aromatic carbocycles. The van der Waals surface area contributed by atoms with Crippen molar-refractivity contribution in [1.82, 2.24) is 5.32 Å². The number of nitro groups is 1. The minimum atomic E-state index is -0.748. The molecule has 0 heterocycles. The summed E-state index contributed by atoms with van der Waals surface area (Å²) in [5.74, 6) is 0.109. The van der Waals surface area contributed by atoms with Gasteiger partial charge in [0.25, 0.3) is 0 Å². The second kappa shape index (κ2) is 7.25. The number of nitrogens with one attached hydrogen (secondary N) is 1. The fourth-order valence-corrected chi connectivity index (χ4v) is 2.08. The van der Waals surface area contributed by atoms with E-state index in [1.165, 1.54) is 18.2 Å². The van der Waals surface area contributed by atoms with E-state index < -0.39 is 10.5 Å². The Hall–Kier alpha value is -1.84. The van der Waals surface area contributed by atoms with E-state index in [9.17, 15) is 15.4 Å². The van der Waals surface area contributed by atoms with Crippen molar-refractivity contribution in [3.05, 3.63) is 33.3 Å². The molecule has 0 radical (unpaired) electrons.